The van der Waals surface area contributed by atoms with Crippen LogP contribution < -0.4 is 14.8 Å². The number of hydrogen-bond donors (Lipinski definition) is 1. The van der Waals surface area contributed by atoms with E-state index in [9.17, 15) is 0 Å². The van der Waals surface area contributed by atoms with Crippen LogP contribution in [0.3, 0.4) is 0 Å². The van der Waals surface area contributed by atoms with E-state index in [0.29, 0.717) is 39.5 Å². The fraction of sp³-hybridized carbons (Fsp3) is 0.333. The molecule has 1 saturated heterocycles. The Labute approximate surface area is 206 Å². The Morgan fingerprint density at radius 1 is 1.12 bits per heavy atom. The Balaban J connectivity index is 1.45. The van der Waals surface area contributed by atoms with Gasteiger partial charge in [-0.3, -0.25) is 4.98 Å². The Hall–Kier alpha value is -2.94. The lowest BCUT2D eigenvalue weighted by atomic mass is 10.2. The zero-order chi connectivity index (χ0) is 23.3. The molecule has 0 atom stereocenters. The first kappa shape index (κ1) is 21.6. The number of nitrogens with one attached hydrogen (secondary N) is 1. The third-order valence-electron chi connectivity index (χ3n) is 6.12. The number of benzene rings is 1. The summed E-state index contributed by atoms with van der Waals surface area (Å²) in [5.41, 5.74) is 2.56. The van der Waals surface area contributed by atoms with Gasteiger partial charge >= 0.3 is 0 Å². The highest BCUT2D eigenvalue weighted by Crippen LogP contribution is 2.41. The molecule has 1 aromatic carbocycles. The summed E-state index contributed by atoms with van der Waals surface area (Å²) in [5, 5.41) is 4.34. The Kier molecular flexibility index (Phi) is 5.32. The summed E-state index contributed by atoms with van der Waals surface area (Å²) in [7, 11) is 0. The summed E-state index contributed by atoms with van der Waals surface area (Å²) in [4.78, 5) is 18.3. The van der Waals surface area contributed by atoms with Gasteiger partial charge < -0.3 is 19.4 Å². The van der Waals surface area contributed by atoms with Crippen LogP contribution in [0.15, 0.2) is 42.9 Å². The molecule has 1 aliphatic carbocycles. The normalized spacial score (nSPS) is 16.9. The number of rotatable bonds is 7. The van der Waals surface area contributed by atoms with Crippen molar-refractivity contribution >= 4 is 34.4 Å². The van der Waals surface area contributed by atoms with Gasteiger partial charge in [0.25, 0.3) is 0 Å². The van der Waals surface area contributed by atoms with E-state index in [-0.39, 0.29) is 11.7 Å². The van der Waals surface area contributed by atoms with Crippen molar-refractivity contribution in [2.24, 2.45) is 0 Å². The molecule has 4 aromatic rings. The summed E-state index contributed by atoms with van der Waals surface area (Å²) >= 11 is 13.0. The third-order valence-corrected chi connectivity index (χ3v) is 6.67. The number of nitrogens with zero attached hydrogens (tertiary/aromatic N) is 5. The van der Waals surface area contributed by atoms with Gasteiger partial charge in [-0.05, 0) is 50.1 Å². The number of fused-ring (bicyclic) bond motifs is 1. The first-order valence-corrected chi connectivity index (χ1v) is 11.9. The SMILES string of the molecule is CC1(Oc2ncnc3c2nc(-c2ccc(OC4CNC4)cc2Cl)n3Cc2cc(Cl)ccn2)CC1. The fourth-order valence-corrected chi connectivity index (χ4v) is 4.28. The highest BCUT2D eigenvalue weighted by atomic mass is 35.5. The van der Waals surface area contributed by atoms with Crippen LogP contribution in [0.4, 0.5) is 0 Å². The van der Waals surface area contributed by atoms with Crippen LogP contribution >= 0.6 is 23.2 Å². The average molecular weight is 497 g/mol. The zero-order valence-electron chi connectivity index (χ0n) is 18.5. The number of aromatic nitrogens is 5. The van der Waals surface area contributed by atoms with Crippen molar-refractivity contribution in [2.45, 2.75) is 38.0 Å². The summed E-state index contributed by atoms with van der Waals surface area (Å²) in [5.74, 6) is 1.84. The largest absolute Gasteiger partial charge is 0.488 e. The van der Waals surface area contributed by atoms with Crippen LogP contribution in [0.2, 0.25) is 10.0 Å². The standard InChI is InChI=1S/C24H22Cl2N6O2/c1-24(5-6-24)34-23-20-22(29-13-30-23)32(12-15-8-14(25)4-7-28-15)21(31-20)18-3-2-16(9-19(18)26)33-17-10-27-11-17/h2-4,7-9,13,17,27H,5-6,10-12H2,1H3. The van der Waals surface area contributed by atoms with E-state index < -0.39 is 0 Å². The van der Waals surface area contributed by atoms with Crippen LogP contribution in [0.25, 0.3) is 22.6 Å². The summed E-state index contributed by atoms with van der Waals surface area (Å²) in [6, 6.07) is 9.23. The molecule has 2 aliphatic rings. The lowest BCUT2D eigenvalue weighted by Gasteiger charge is -2.28. The number of imidazole rings is 1. The molecule has 1 N–H and O–H groups in total. The Morgan fingerprint density at radius 2 is 1.97 bits per heavy atom. The Morgan fingerprint density at radius 3 is 2.68 bits per heavy atom. The molecule has 10 heteroatoms. The van der Waals surface area contributed by atoms with Crippen molar-refractivity contribution in [1.29, 1.82) is 0 Å². The zero-order valence-corrected chi connectivity index (χ0v) is 20.0. The molecule has 0 amide bonds. The number of pyridine rings is 1. The predicted molar refractivity (Wildman–Crippen MR) is 130 cm³/mol. The molecular formula is C24H22Cl2N6O2. The van der Waals surface area contributed by atoms with E-state index in [0.717, 1.165) is 42.9 Å². The molecule has 34 heavy (non-hydrogen) atoms. The quantitative estimate of drug-likeness (QED) is 0.402. The summed E-state index contributed by atoms with van der Waals surface area (Å²) in [6.45, 7) is 4.15. The summed E-state index contributed by atoms with van der Waals surface area (Å²) < 4.78 is 14.1. The molecule has 6 rings (SSSR count). The van der Waals surface area contributed by atoms with Crippen LogP contribution in [0.1, 0.15) is 25.5 Å². The van der Waals surface area contributed by atoms with Crippen LogP contribution in [-0.4, -0.2) is 49.3 Å². The van der Waals surface area contributed by atoms with Crippen molar-refractivity contribution in [1.82, 2.24) is 29.8 Å². The molecule has 0 unspecified atom stereocenters. The van der Waals surface area contributed by atoms with E-state index in [4.69, 9.17) is 37.7 Å². The Bertz CT molecular complexity index is 1380. The van der Waals surface area contributed by atoms with E-state index in [2.05, 4.69) is 27.2 Å². The van der Waals surface area contributed by atoms with E-state index in [1.807, 2.05) is 28.8 Å². The first-order chi connectivity index (χ1) is 16.5. The van der Waals surface area contributed by atoms with Gasteiger partial charge in [0.1, 0.15) is 29.6 Å². The molecule has 1 saturated carbocycles. The van der Waals surface area contributed by atoms with Gasteiger partial charge in [0, 0.05) is 29.9 Å². The minimum absolute atomic E-state index is 0.166. The number of ether oxygens (including phenoxy) is 2. The summed E-state index contributed by atoms with van der Waals surface area (Å²) in [6.07, 6.45) is 5.33. The number of halogens is 2. The average Bonchev–Trinajstić information content (AvgIpc) is 3.40. The molecule has 1 aliphatic heterocycles. The van der Waals surface area contributed by atoms with Crippen molar-refractivity contribution in [3.63, 3.8) is 0 Å². The van der Waals surface area contributed by atoms with Gasteiger partial charge in [-0.2, -0.15) is 4.98 Å². The van der Waals surface area contributed by atoms with Gasteiger partial charge in [-0.15, -0.1) is 0 Å². The topological polar surface area (TPSA) is 87.0 Å². The minimum atomic E-state index is -0.202. The van der Waals surface area contributed by atoms with Gasteiger partial charge in [0.15, 0.2) is 11.2 Å². The van der Waals surface area contributed by atoms with Crippen molar-refractivity contribution in [2.75, 3.05) is 13.1 Å². The molecule has 174 valence electrons. The second kappa shape index (κ2) is 8.37. The van der Waals surface area contributed by atoms with Gasteiger partial charge in [0.2, 0.25) is 5.88 Å². The highest BCUT2D eigenvalue weighted by molar-refractivity contribution is 6.33. The van der Waals surface area contributed by atoms with Gasteiger partial charge in [-0.1, -0.05) is 23.2 Å². The van der Waals surface area contributed by atoms with E-state index >= 15 is 0 Å². The van der Waals surface area contributed by atoms with E-state index in [1.165, 1.54) is 6.33 Å². The predicted octanol–water partition coefficient (Wildman–Crippen LogP) is 4.53. The third kappa shape index (κ3) is 4.17. The van der Waals surface area contributed by atoms with Crippen molar-refractivity contribution in [3.05, 3.63) is 58.6 Å². The van der Waals surface area contributed by atoms with Crippen molar-refractivity contribution < 1.29 is 9.47 Å². The number of hydrogen-bond acceptors (Lipinski definition) is 7. The molecule has 8 nitrogen and oxygen atoms in total. The fourth-order valence-electron chi connectivity index (χ4n) is 3.84. The maximum absolute atomic E-state index is 6.74. The lowest BCUT2D eigenvalue weighted by Crippen LogP contribution is -2.50. The second-order valence-electron chi connectivity index (χ2n) is 8.93. The van der Waals surface area contributed by atoms with Crippen molar-refractivity contribution in [3.8, 4) is 23.0 Å². The molecule has 2 fully saturated rings. The maximum Gasteiger partial charge on any atom is 0.245 e. The molecule has 0 radical (unpaired) electrons. The van der Waals surface area contributed by atoms with Crippen LogP contribution in [0.5, 0.6) is 11.6 Å². The van der Waals surface area contributed by atoms with Gasteiger partial charge in [-0.25, -0.2) is 9.97 Å². The van der Waals surface area contributed by atoms with Crippen LogP contribution in [-0.2, 0) is 6.54 Å². The molecular weight excluding hydrogens is 475 g/mol. The smallest absolute Gasteiger partial charge is 0.245 e. The van der Waals surface area contributed by atoms with E-state index in [1.54, 1.807) is 12.3 Å². The molecule has 0 bridgehead atoms. The van der Waals surface area contributed by atoms with Gasteiger partial charge in [0.05, 0.1) is 17.3 Å². The van der Waals surface area contributed by atoms with Crippen LogP contribution in [0, 0.1) is 0 Å². The minimum Gasteiger partial charge on any atom is -0.488 e. The second-order valence-corrected chi connectivity index (χ2v) is 9.77. The maximum atomic E-state index is 6.74. The lowest BCUT2D eigenvalue weighted by molar-refractivity contribution is 0.142. The molecule has 4 heterocycles. The molecule has 0 spiro atoms. The monoisotopic (exact) mass is 496 g/mol. The first-order valence-electron chi connectivity index (χ1n) is 11.2. The highest BCUT2D eigenvalue weighted by Gasteiger charge is 2.41. The molecule has 3 aromatic heterocycles.